The smallest absolute Gasteiger partial charge is 0.336 e. The first-order valence-electron chi connectivity index (χ1n) is 7.74. The Bertz CT molecular complexity index is 983. The lowest BCUT2D eigenvalue weighted by Gasteiger charge is -2.10. The van der Waals surface area contributed by atoms with Gasteiger partial charge in [0, 0.05) is 17.5 Å². The number of rotatable bonds is 4. The van der Waals surface area contributed by atoms with E-state index in [4.69, 9.17) is 14.2 Å². The van der Waals surface area contributed by atoms with Crippen LogP contribution in [0.3, 0.4) is 0 Å². The second-order valence-electron chi connectivity index (χ2n) is 5.69. The van der Waals surface area contributed by atoms with Gasteiger partial charge in [-0.3, -0.25) is 0 Å². The van der Waals surface area contributed by atoms with Gasteiger partial charge in [0.2, 0.25) is 6.79 Å². The monoisotopic (exact) mass is 337 g/mol. The van der Waals surface area contributed by atoms with E-state index in [-0.39, 0.29) is 12.4 Å². The molecule has 2 aromatic carbocycles. The lowest BCUT2D eigenvalue weighted by molar-refractivity contribution is 0.0699. The quantitative estimate of drug-likeness (QED) is 0.787. The van der Waals surface area contributed by atoms with Gasteiger partial charge in [0.1, 0.15) is 11.3 Å². The van der Waals surface area contributed by atoms with Gasteiger partial charge in [-0.05, 0) is 29.8 Å². The zero-order valence-corrected chi connectivity index (χ0v) is 13.5. The maximum atomic E-state index is 11.7. The van der Waals surface area contributed by atoms with Crippen LogP contribution in [0, 0.1) is 0 Å². The predicted molar refractivity (Wildman–Crippen MR) is 90.6 cm³/mol. The Hall–Kier alpha value is -3.28. The molecule has 0 unspecified atom stereocenters. The lowest BCUT2D eigenvalue weighted by Crippen LogP contribution is -2.03. The Labute approximate surface area is 143 Å². The lowest BCUT2D eigenvalue weighted by atomic mass is 10.0. The number of hydrogen-bond donors (Lipinski definition) is 1. The second kappa shape index (κ2) is 5.98. The molecule has 25 heavy (non-hydrogen) atoms. The van der Waals surface area contributed by atoms with E-state index >= 15 is 0 Å². The Morgan fingerprint density at radius 3 is 2.84 bits per heavy atom. The zero-order chi connectivity index (χ0) is 17.4. The Morgan fingerprint density at radius 2 is 2.04 bits per heavy atom. The van der Waals surface area contributed by atoms with Gasteiger partial charge in [0.05, 0.1) is 12.7 Å². The van der Waals surface area contributed by atoms with E-state index in [0.29, 0.717) is 40.3 Å². The van der Waals surface area contributed by atoms with Crippen molar-refractivity contribution in [2.24, 2.45) is 0 Å². The standard InChI is InChI=1S/C19H15NO5/c1-23-16-4-2-3-13-14(19(21)22)9-12(20-18(13)16)7-11-5-6-15-17(8-11)25-10-24-15/h2-6,8-9H,7,10H2,1H3,(H,21,22). The molecule has 6 heteroatoms. The summed E-state index contributed by atoms with van der Waals surface area (Å²) >= 11 is 0. The van der Waals surface area contributed by atoms with Crippen molar-refractivity contribution in [3.05, 3.63) is 59.3 Å². The van der Waals surface area contributed by atoms with Crippen LogP contribution in [0.15, 0.2) is 42.5 Å². The minimum absolute atomic E-state index is 0.208. The summed E-state index contributed by atoms with van der Waals surface area (Å²) in [5.74, 6) is 0.956. The van der Waals surface area contributed by atoms with E-state index in [1.165, 1.54) is 0 Å². The molecule has 0 bridgehead atoms. The first kappa shape index (κ1) is 15.3. The van der Waals surface area contributed by atoms with Crippen LogP contribution in [0.2, 0.25) is 0 Å². The van der Waals surface area contributed by atoms with Crippen LogP contribution >= 0.6 is 0 Å². The molecule has 0 saturated carbocycles. The van der Waals surface area contributed by atoms with Crippen molar-refractivity contribution in [2.75, 3.05) is 13.9 Å². The summed E-state index contributed by atoms with van der Waals surface area (Å²) in [5, 5.41) is 10.1. The van der Waals surface area contributed by atoms with Gasteiger partial charge in [-0.1, -0.05) is 18.2 Å². The number of ether oxygens (including phenoxy) is 3. The summed E-state index contributed by atoms with van der Waals surface area (Å²) in [6.45, 7) is 0.216. The molecule has 1 N–H and O–H groups in total. The highest BCUT2D eigenvalue weighted by Gasteiger charge is 2.17. The summed E-state index contributed by atoms with van der Waals surface area (Å²) in [7, 11) is 1.54. The first-order chi connectivity index (χ1) is 12.2. The molecule has 1 aliphatic heterocycles. The fourth-order valence-corrected chi connectivity index (χ4v) is 2.97. The number of aromatic nitrogens is 1. The minimum Gasteiger partial charge on any atom is -0.494 e. The van der Waals surface area contributed by atoms with E-state index in [1.54, 1.807) is 31.4 Å². The summed E-state index contributed by atoms with van der Waals surface area (Å²) < 4.78 is 16.0. The van der Waals surface area contributed by atoms with Crippen LogP contribution < -0.4 is 14.2 Å². The molecule has 0 fully saturated rings. The molecule has 0 spiro atoms. The number of methoxy groups -OCH3 is 1. The zero-order valence-electron chi connectivity index (χ0n) is 13.5. The molecule has 0 amide bonds. The van der Waals surface area contributed by atoms with Crippen LogP contribution in [-0.4, -0.2) is 30.0 Å². The van der Waals surface area contributed by atoms with Crippen molar-refractivity contribution < 1.29 is 24.1 Å². The van der Waals surface area contributed by atoms with E-state index < -0.39 is 5.97 Å². The Kier molecular flexibility index (Phi) is 3.65. The van der Waals surface area contributed by atoms with Crippen molar-refractivity contribution in [3.63, 3.8) is 0 Å². The SMILES string of the molecule is COc1cccc2c(C(=O)O)cc(Cc3ccc4c(c3)OCO4)nc12. The average molecular weight is 337 g/mol. The largest absolute Gasteiger partial charge is 0.494 e. The number of nitrogens with zero attached hydrogens (tertiary/aromatic N) is 1. The number of fused-ring (bicyclic) bond motifs is 2. The van der Waals surface area contributed by atoms with Gasteiger partial charge in [0.25, 0.3) is 0 Å². The molecule has 0 aliphatic carbocycles. The first-order valence-corrected chi connectivity index (χ1v) is 7.74. The van der Waals surface area contributed by atoms with Crippen LogP contribution in [0.4, 0.5) is 0 Å². The minimum atomic E-state index is -0.993. The predicted octanol–water partition coefficient (Wildman–Crippen LogP) is 3.26. The number of benzene rings is 2. The number of pyridine rings is 1. The van der Waals surface area contributed by atoms with Gasteiger partial charge in [-0.25, -0.2) is 9.78 Å². The second-order valence-corrected chi connectivity index (χ2v) is 5.69. The third-order valence-corrected chi connectivity index (χ3v) is 4.13. The van der Waals surface area contributed by atoms with Crippen LogP contribution in [0.1, 0.15) is 21.6 Å². The average Bonchev–Trinajstić information content (AvgIpc) is 3.08. The Balaban J connectivity index is 1.80. The highest BCUT2D eigenvalue weighted by Crippen LogP contribution is 2.33. The van der Waals surface area contributed by atoms with Gasteiger partial charge >= 0.3 is 5.97 Å². The Morgan fingerprint density at radius 1 is 1.20 bits per heavy atom. The van der Waals surface area contributed by atoms with Crippen LogP contribution in [0.25, 0.3) is 10.9 Å². The molecule has 0 radical (unpaired) electrons. The van der Waals surface area contributed by atoms with Gasteiger partial charge in [0.15, 0.2) is 11.5 Å². The van der Waals surface area contributed by atoms with E-state index in [0.717, 1.165) is 5.56 Å². The maximum Gasteiger partial charge on any atom is 0.336 e. The van der Waals surface area contributed by atoms with E-state index in [1.807, 2.05) is 18.2 Å². The molecule has 4 rings (SSSR count). The third kappa shape index (κ3) is 2.71. The summed E-state index contributed by atoms with van der Waals surface area (Å²) in [6.07, 6.45) is 0.477. The fourth-order valence-electron chi connectivity index (χ4n) is 2.97. The molecule has 126 valence electrons. The third-order valence-electron chi connectivity index (χ3n) is 4.13. The van der Waals surface area contributed by atoms with Crippen molar-refractivity contribution in [1.29, 1.82) is 0 Å². The van der Waals surface area contributed by atoms with Gasteiger partial charge < -0.3 is 19.3 Å². The van der Waals surface area contributed by atoms with E-state index in [9.17, 15) is 9.90 Å². The number of carbonyl (C=O) groups is 1. The van der Waals surface area contributed by atoms with E-state index in [2.05, 4.69) is 4.98 Å². The highest BCUT2D eigenvalue weighted by molar-refractivity contribution is 6.04. The molecular formula is C19H15NO5. The normalized spacial score (nSPS) is 12.4. The highest BCUT2D eigenvalue weighted by atomic mass is 16.7. The van der Waals surface area contributed by atoms with Crippen LogP contribution in [-0.2, 0) is 6.42 Å². The van der Waals surface area contributed by atoms with Crippen molar-refractivity contribution >= 4 is 16.9 Å². The van der Waals surface area contributed by atoms with Crippen molar-refractivity contribution in [2.45, 2.75) is 6.42 Å². The topological polar surface area (TPSA) is 77.9 Å². The molecular weight excluding hydrogens is 322 g/mol. The van der Waals surface area contributed by atoms with Gasteiger partial charge in [-0.2, -0.15) is 0 Å². The molecule has 0 atom stereocenters. The molecule has 3 aromatic rings. The summed E-state index contributed by atoms with van der Waals surface area (Å²) in [4.78, 5) is 16.3. The molecule has 1 aliphatic rings. The number of carboxylic acid groups (broad SMARTS) is 1. The number of para-hydroxylation sites is 1. The maximum absolute atomic E-state index is 11.7. The van der Waals surface area contributed by atoms with Crippen molar-refractivity contribution in [1.82, 2.24) is 4.98 Å². The number of aromatic carboxylic acids is 1. The summed E-state index contributed by atoms with van der Waals surface area (Å²) in [5.41, 5.74) is 2.36. The molecule has 6 nitrogen and oxygen atoms in total. The fraction of sp³-hybridized carbons (Fsp3) is 0.158. The summed E-state index contributed by atoms with van der Waals surface area (Å²) in [6, 6.07) is 12.5. The molecule has 1 aromatic heterocycles. The van der Waals surface area contributed by atoms with Gasteiger partial charge in [-0.15, -0.1) is 0 Å². The van der Waals surface area contributed by atoms with Crippen LogP contribution in [0.5, 0.6) is 17.2 Å². The molecule has 2 heterocycles. The number of hydrogen-bond acceptors (Lipinski definition) is 5. The molecule has 0 saturated heterocycles. The van der Waals surface area contributed by atoms with Crippen molar-refractivity contribution in [3.8, 4) is 17.2 Å². The number of carboxylic acids is 1.